The normalized spacial score (nSPS) is 26.6. The van der Waals surface area contributed by atoms with Gasteiger partial charge in [0.2, 0.25) is 10.0 Å². The van der Waals surface area contributed by atoms with Crippen molar-refractivity contribution in [2.45, 2.75) is 38.0 Å². The van der Waals surface area contributed by atoms with Gasteiger partial charge in [0.1, 0.15) is 0 Å². The van der Waals surface area contributed by atoms with Crippen molar-refractivity contribution in [3.63, 3.8) is 0 Å². The average Bonchev–Trinajstić information content (AvgIpc) is 2.03. The van der Waals surface area contributed by atoms with E-state index in [-0.39, 0.29) is 5.25 Å². The molecule has 0 aromatic rings. The number of piperidine rings is 1. The lowest BCUT2D eigenvalue weighted by atomic mass is 10.1. The molecule has 0 bridgehead atoms. The van der Waals surface area contributed by atoms with E-state index in [0.29, 0.717) is 19.0 Å². The van der Waals surface area contributed by atoms with E-state index in [2.05, 4.69) is 18.7 Å². The van der Waals surface area contributed by atoms with Crippen molar-refractivity contribution < 1.29 is 8.42 Å². The molecule has 1 aliphatic heterocycles. The predicted molar refractivity (Wildman–Crippen MR) is 52.8 cm³/mol. The summed E-state index contributed by atoms with van der Waals surface area (Å²) in [6, 6.07) is 0.407. The number of likely N-dealkylation sites (tertiary alicyclic amines) is 1. The molecule has 4 nitrogen and oxygen atoms in total. The Morgan fingerprint density at radius 3 is 2.54 bits per heavy atom. The summed E-state index contributed by atoms with van der Waals surface area (Å²) < 4.78 is 22.2. The molecule has 13 heavy (non-hydrogen) atoms. The highest BCUT2D eigenvalue weighted by Crippen LogP contribution is 2.16. The van der Waals surface area contributed by atoms with Gasteiger partial charge in [0, 0.05) is 12.6 Å². The Labute approximate surface area is 80.1 Å². The lowest BCUT2D eigenvalue weighted by molar-refractivity contribution is 0.186. The summed E-state index contributed by atoms with van der Waals surface area (Å²) in [7, 11) is -3.33. The maximum Gasteiger partial charge on any atom is 0.213 e. The minimum atomic E-state index is -3.33. The van der Waals surface area contributed by atoms with Gasteiger partial charge in [-0.05, 0) is 33.2 Å². The number of hydrogen-bond donors (Lipinski definition) is 1. The van der Waals surface area contributed by atoms with E-state index in [0.717, 1.165) is 13.0 Å². The van der Waals surface area contributed by atoms with Crippen LogP contribution in [0.2, 0.25) is 0 Å². The molecule has 0 aliphatic carbocycles. The molecule has 1 atom stereocenters. The summed E-state index contributed by atoms with van der Waals surface area (Å²) in [6.45, 7) is 5.73. The third-order valence-electron chi connectivity index (χ3n) is 2.60. The van der Waals surface area contributed by atoms with Gasteiger partial charge >= 0.3 is 0 Å². The van der Waals surface area contributed by atoms with Crippen LogP contribution in [0.1, 0.15) is 26.7 Å². The van der Waals surface area contributed by atoms with Crippen molar-refractivity contribution in [2.75, 3.05) is 13.1 Å². The maximum atomic E-state index is 11.1. The minimum absolute atomic E-state index is 0.358. The van der Waals surface area contributed by atoms with Crippen molar-refractivity contribution in [3.05, 3.63) is 0 Å². The molecule has 0 saturated carbocycles. The molecule has 1 rings (SSSR count). The van der Waals surface area contributed by atoms with Crippen LogP contribution in [0.15, 0.2) is 0 Å². The Hall–Kier alpha value is -0.130. The van der Waals surface area contributed by atoms with Crippen molar-refractivity contribution >= 4 is 10.0 Å². The fourth-order valence-corrected chi connectivity index (χ4v) is 2.60. The zero-order valence-electron chi connectivity index (χ0n) is 8.23. The molecule has 1 aliphatic rings. The van der Waals surface area contributed by atoms with Crippen LogP contribution in [-0.2, 0) is 10.0 Å². The number of primary sulfonamides is 1. The topological polar surface area (TPSA) is 63.4 Å². The van der Waals surface area contributed by atoms with Crippen LogP contribution in [0.3, 0.4) is 0 Å². The third-order valence-corrected chi connectivity index (χ3v) is 3.92. The summed E-state index contributed by atoms with van der Waals surface area (Å²) in [5.74, 6) is 0. The van der Waals surface area contributed by atoms with E-state index in [1.54, 1.807) is 0 Å². The quantitative estimate of drug-likeness (QED) is 0.699. The fourth-order valence-electron chi connectivity index (χ4n) is 1.70. The van der Waals surface area contributed by atoms with Gasteiger partial charge in [-0.15, -0.1) is 0 Å². The van der Waals surface area contributed by atoms with Crippen LogP contribution in [0.5, 0.6) is 0 Å². The number of hydrogen-bond acceptors (Lipinski definition) is 3. The van der Waals surface area contributed by atoms with Gasteiger partial charge in [0.25, 0.3) is 0 Å². The molecule has 78 valence electrons. The summed E-state index contributed by atoms with van der Waals surface area (Å²) >= 11 is 0. The van der Waals surface area contributed by atoms with Gasteiger partial charge in [-0.25, -0.2) is 13.6 Å². The second-order valence-corrected chi connectivity index (χ2v) is 5.79. The highest BCUT2D eigenvalue weighted by molar-refractivity contribution is 7.89. The Balaban J connectivity index is 2.62. The highest BCUT2D eigenvalue weighted by atomic mass is 32.2. The monoisotopic (exact) mass is 206 g/mol. The van der Waals surface area contributed by atoms with E-state index in [4.69, 9.17) is 5.14 Å². The largest absolute Gasteiger partial charge is 0.300 e. The van der Waals surface area contributed by atoms with Crippen LogP contribution in [0.25, 0.3) is 0 Å². The predicted octanol–water partition coefficient (Wildman–Crippen LogP) is 0.148. The third kappa shape index (κ3) is 2.93. The van der Waals surface area contributed by atoms with E-state index in [1.165, 1.54) is 0 Å². The van der Waals surface area contributed by atoms with Crippen molar-refractivity contribution in [1.29, 1.82) is 0 Å². The number of nitrogens with two attached hydrogens (primary N) is 1. The minimum Gasteiger partial charge on any atom is -0.300 e. The molecule has 1 unspecified atom stereocenters. The Morgan fingerprint density at radius 2 is 2.08 bits per heavy atom. The molecule has 5 heteroatoms. The first-order valence-electron chi connectivity index (χ1n) is 4.67. The van der Waals surface area contributed by atoms with Gasteiger partial charge in [0.15, 0.2) is 0 Å². The molecule has 0 aromatic heterocycles. The first-order chi connectivity index (χ1) is 5.91. The summed E-state index contributed by atoms with van der Waals surface area (Å²) in [5, 5.41) is 4.76. The Morgan fingerprint density at radius 1 is 1.46 bits per heavy atom. The van der Waals surface area contributed by atoms with E-state index < -0.39 is 10.0 Å². The molecule has 0 radical (unpaired) electrons. The molecular formula is C8H18N2O2S. The van der Waals surface area contributed by atoms with Crippen LogP contribution in [-0.4, -0.2) is 37.7 Å². The second kappa shape index (κ2) is 3.94. The Kier molecular flexibility index (Phi) is 3.32. The molecular weight excluding hydrogens is 188 g/mol. The molecule has 1 heterocycles. The van der Waals surface area contributed by atoms with Gasteiger partial charge in [0.05, 0.1) is 5.25 Å². The summed E-state index contributed by atoms with van der Waals surface area (Å²) in [6.07, 6.45) is 1.64. The second-order valence-electron chi connectivity index (χ2n) is 3.94. The van der Waals surface area contributed by atoms with Crippen molar-refractivity contribution in [3.8, 4) is 0 Å². The first kappa shape index (κ1) is 10.9. The molecule has 0 amide bonds. The average molecular weight is 206 g/mol. The highest BCUT2D eigenvalue weighted by Gasteiger charge is 2.28. The maximum absolute atomic E-state index is 11.1. The van der Waals surface area contributed by atoms with Gasteiger partial charge in [-0.2, -0.15) is 0 Å². The number of rotatable bonds is 2. The molecule has 0 spiro atoms. The molecule has 2 N–H and O–H groups in total. The zero-order valence-corrected chi connectivity index (χ0v) is 9.05. The van der Waals surface area contributed by atoms with Gasteiger partial charge in [-0.1, -0.05) is 0 Å². The SMILES string of the molecule is CC(C)N1CCCC(S(N)(=O)=O)C1. The van der Waals surface area contributed by atoms with Crippen LogP contribution >= 0.6 is 0 Å². The lowest BCUT2D eigenvalue weighted by Crippen LogP contribution is -2.47. The first-order valence-corrected chi connectivity index (χ1v) is 6.28. The van der Waals surface area contributed by atoms with Crippen molar-refractivity contribution in [2.24, 2.45) is 5.14 Å². The van der Waals surface area contributed by atoms with E-state index >= 15 is 0 Å². The summed E-state index contributed by atoms with van der Waals surface area (Å²) in [4.78, 5) is 2.17. The molecule has 0 aromatic carbocycles. The van der Waals surface area contributed by atoms with Crippen molar-refractivity contribution in [1.82, 2.24) is 4.90 Å². The zero-order chi connectivity index (χ0) is 10.1. The molecule has 1 saturated heterocycles. The number of nitrogens with zero attached hydrogens (tertiary/aromatic N) is 1. The van der Waals surface area contributed by atoms with E-state index in [1.807, 2.05) is 0 Å². The van der Waals surface area contributed by atoms with Crippen LogP contribution < -0.4 is 5.14 Å². The summed E-state index contributed by atoms with van der Waals surface area (Å²) in [5.41, 5.74) is 0. The Bertz CT molecular complexity index is 261. The number of sulfonamides is 1. The van der Waals surface area contributed by atoms with Gasteiger partial charge < -0.3 is 0 Å². The van der Waals surface area contributed by atoms with Crippen LogP contribution in [0.4, 0.5) is 0 Å². The smallest absolute Gasteiger partial charge is 0.213 e. The lowest BCUT2D eigenvalue weighted by Gasteiger charge is -2.34. The fraction of sp³-hybridized carbons (Fsp3) is 1.00. The standard InChI is InChI=1S/C8H18N2O2S/c1-7(2)10-5-3-4-8(6-10)13(9,11)12/h7-8H,3-6H2,1-2H3,(H2,9,11,12). The van der Waals surface area contributed by atoms with E-state index in [9.17, 15) is 8.42 Å². The van der Waals surface area contributed by atoms with Gasteiger partial charge in [-0.3, -0.25) is 4.90 Å². The molecule has 1 fully saturated rings. The van der Waals surface area contributed by atoms with Crippen LogP contribution in [0, 0.1) is 0 Å².